The fourth-order valence-corrected chi connectivity index (χ4v) is 3.91. The van der Waals surface area contributed by atoms with Crippen LogP contribution in [-0.2, 0) is 6.61 Å². The number of H-pyrrole nitrogens is 1. The lowest BCUT2D eigenvalue weighted by molar-refractivity contribution is 0.204. The van der Waals surface area contributed by atoms with Crippen LogP contribution in [0.1, 0.15) is 38.1 Å². The summed E-state index contributed by atoms with van der Waals surface area (Å²) in [6.45, 7) is 7.36. The number of aryl methyl sites for hydroxylation is 1. The molecule has 0 bridgehead atoms. The molecule has 4 N–H and O–H groups in total. The van der Waals surface area contributed by atoms with E-state index < -0.39 is 0 Å². The third-order valence-electron chi connectivity index (χ3n) is 5.77. The number of aliphatic hydroxyl groups excluding tert-OH is 1. The average Bonchev–Trinajstić information content (AvgIpc) is 2.65. The lowest BCUT2D eigenvalue weighted by Crippen LogP contribution is -2.47. The first-order valence-electron chi connectivity index (χ1n) is 9.24. The van der Waals surface area contributed by atoms with Crippen molar-refractivity contribution in [3.05, 3.63) is 38.0 Å². The minimum Gasteiger partial charge on any atom is -0.390 e. The van der Waals surface area contributed by atoms with Gasteiger partial charge in [-0.15, -0.1) is 0 Å². The van der Waals surface area contributed by atoms with E-state index in [2.05, 4.69) is 21.8 Å². The predicted molar refractivity (Wildman–Crippen MR) is 112 cm³/mol. The first-order valence-corrected chi connectivity index (χ1v) is 9.99. The molecule has 0 saturated carbocycles. The van der Waals surface area contributed by atoms with Crippen molar-refractivity contribution >= 4 is 29.0 Å². The summed E-state index contributed by atoms with van der Waals surface area (Å²) < 4.78 is 0. The van der Waals surface area contributed by atoms with Crippen LogP contribution >= 0.6 is 23.2 Å². The Hall–Kier alpha value is -1.67. The van der Waals surface area contributed by atoms with E-state index in [1.165, 1.54) is 6.07 Å². The molecule has 1 saturated heterocycles. The summed E-state index contributed by atoms with van der Waals surface area (Å²) in [5, 5.41) is 10.1. The zero-order valence-corrected chi connectivity index (χ0v) is 17.7. The summed E-state index contributed by atoms with van der Waals surface area (Å²) in [6.07, 6.45) is 1.88. The molecule has 0 aromatic carbocycles. The Morgan fingerprint density at radius 2 is 2.00 bits per heavy atom. The van der Waals surface area contributed by atoms with Gasteiger partial charge in [0.1, 0.15) is 10.8 Å². The van der Waals surface area contributed by atoms with E-state index in [0.29, 0.717) is 28.5 Å². The topological polar surface area (TPSA) is 108 Å². The molecule has 3 heterocycles. The van der Waals surface area contributed by atoms with Crippen LogP contribution in [0.4, 0.5) is 5.82 Å². The molecule has 152 valence electrons. The first-order chi connectivity index (χ1) is 13.2. The molecule has 0 radical (unpaired) electrons. The van der Waals surface area contributed by atoms with Crippen molar-refractivity contribution in [2.24, 2.45) is 11.1 Å². The fourth-order valence-electron chi connectivity index (χ4n) is 3.53. The van der Waals surface area contributed by atoms with Crippen molar-refractivity contribution in [1.82, 2.24) is 15.0 Å². The van der Waals surface area contributed by atoms with Gasteiger partial charge < -0.3 is 20.7 Å². The molecular weight excluding hydrogens is 401 g/mol. The van der Waals surface area contributed by atoms with Crippen molar-refractivity contribution < 1.29 is 5.11 Å². The Morgan fingerprint density at radius 1 is 1.36 bits per heavy atom. The second-order valence-corrected chi connectivity index (χ2v) is 8.45. The van der Waals surface area contributed by atoms with Crippen LogP contribution < -0.4 is 16.2 Å². The summed E-state index contributed by atoms with van der Waals surface area (Å²) >= 11 is 12.3. The van der Waals surface area contributed by atoms with E-state index in [1.807, 2.05) is 6.92 Å². The normalized spacial score (nSPS) is 17.6. The van der Waals surface area contributed by atoms with Gasteiger partial charge in [-0.05, 0) is 32.1 Å². The van der Waals surface area contributed by atoms with Crippen molar-refractivity contribution in [1.29, 1.82) is 0 Å². The van der Waals surface area contributed by atoms with Gasteiger partial charge in [-0.3, -0.25) is 4.79 Å². The number of nitrogens with zero attached hydrogens (tertiary/aromatic N) is 3. The van der Waals surface area contributed by atoms with Gasteiger partial charge in [0.2, 0.25) is 5.56 Å². The number of aromatic amines is 1. The van der Waals surface area contributed by atoms with Crippen LogP contribution in [-0.4, -0.2) is 39.2 Å². The molecule has 28 heavy (non-hydrogen) atoms. The number of aromatic nitrogens is 3. The highest BCUT2D eigenvalue weighted by molar-refractivity contribution is 6.42. The van der Waals surface area contributed by atoms with Gasteiger partial charge in [-0.1, -0.05) is 30.1 Å². The number of nitrogens with two attached hydrogens (primary N) is 1. The minimum absolute atomic E-state index is 0.0474. The molecule has 9 heteroatoms. The Kier molecular flexibility index (Phi) is 6.00. The second-order valence-electron chi connectivity index (χ2n) is 7.69. The Balaban J connectivity index is 1.99. The summed E-state index contributed by atoms with van der Waals surface area (Å²) in [5.41, 5.74) is 7.74. The molecule has 1 unspecified atom stereocenters. The van der Waals surface area contributed by atoms with E-state index in [-0.39, 0.29) is 33.8 Å². The smallest absolute Gasteiger partial charge is 0.249 e. The average molecular weight is 426 g/mol. The largest absolute Gasteiger partial charge is 0.390 e. The SMILES string of the molecule is Cc1nc(N2CCC(C)(C(C)N)CC2)c(CO)nc1-c1cc(=O)[nH]c(Cl)c1Cl. The van der Waals surface area contributed by atoms with Crippen LogP contribution in [0.2, 0.25) is 10.2 Å². The maximum atomic E-state index is 11.8. The maximum absolute atomic E-state index is 11.8. The number of pyridine rings is 1. The van der Waals surface area contributed by atoms with Gasteiger partial charge in [0.15, 0.2) is 5.82 Å². The second kappa shape index (κ2) is 7.99. The third-order valence-corrected chi connectivity index (χ3v) is 6.54. The molecule has 1 atom stereocenters. The number of hydrogen-bond donors (Lipinski definition) is 3. The van der Waals surface area contributed by atoms with Crippen LogP contribution in [0.3, 0.4) is 0 Å². The lowest BCUT2D eigenvalue weighted by Gasteiger charge is -2.42. The van der Waals surface area contributed by atoms with Crippen LogP contribution in [0.15, 0.2) is 10.9 Å². The molecule has 2 aromatic rings. The van der Waals surface area contributed by atoms with Gasteiger partial charge >= 0.3 is 0 Å². The van der Waals surface area contributed by atoms with E-state index in [9.17, 15) is 9.90 Å². The number of nitrogens with one attached hydrogen (secondary N) is 1. The fraction of sp³-hybridized carbons (Fsp3) is 0.526. The van der Waals surface area contributed by atoms with E-state index >= 15 is 0 Å². The number of hydrogen-bond acceptors (Lipinski definition) is 6. The number of aliphatic hydroxyl groups is 1. The van der Waals surface area contributed by atoms with Crippen molar-refractivity contribution in [2.45, 2.75) is 46.3 Å². The van der Waals surface area contributed by atoms with Crippen molar-refractivity contribution in [3.63, 3.8) is 0 Å². The van der Waals surface area contributed by atoms with Crippen LogP contribution in [0.5, 0.6) is 0 Å². The highest BCUT2D eigenvalue weighted by Crippen LogP contribution is 2.37. The molecule has 1 aliphatic heterocycles. The molecule has 7 nitrogen and oxygen atoms in total. The standard InChI is InChI=1S/C19H25Cl2N5O2/c1-10-16(12-8-14(28)25-17(21)15(12)20)24-13(9-27)18(23-10)26-6-4-19(3,5-7-26)11(2)22/h8,11,27H,4-7,9,22H2,1-3H3,(H,25,28). The van der Waals surface area contributed by atoms with Gasteiger partial charge in [0.05, 0.1) is 23.0 Å². The van der Waals surface area contributed by atoms with Gasteiger partial charge in [-0.2, -0.15) is 0 Å². The third kappa shape index (κ3) is 3.89. The maximum Gasteiger partial charge on any atom is 0.249 e. The molecule has 0 amide bonds. The lowest BCUT2D eigenvalue weighted by atomic mass is 9.75. The van der Waals surface area contributed by atoms with Crippen molar-refractivity contribution in [2.75, 3.05) is 18.0 Å². The highest BCUT2D eigenvalue weighted by atomic mass is 35.5. The molecule has 1 aliphatic rings. The Bertz CT molecular complexity index is 937. The zero-order chi connectivity index (χ0) is 20.6. The minimum atomic E-state index is -0.383. The quantitative estimate of drug-likeness (QED) is 0.649. The van der Waals surface area contributed by atoms with Gasteiger partial charge in [0.25, 0.3) is 0 Å². The molecule has 0 aliphatic carbocycles. The zero-order valence-electron chi connectivity index (χ0n) is 16.2. The highest BCUT2D eigenvalue weighted by Gasteiger charge is 2.34. The van der Waals surface area contributed by atoms with Crippen LogP contribution in [0, 0.1) is 12.3 Å². The summed E-state index contributed by atoms with van der Waals surface area (Å²) in [5.74, 6) is 0.655. The Morgan fingerprint density at radius 3 is 2.57 bits per heavy atom. The monoisotopic (exact) mass is 425 g/mol. The Labute approximate surface area is 173 Å². The van der Waals surface area contributed by atoms with Gasteiger partial charge in [0, 0.05) is 30.8 Å². The number of piperidine rings is 1. The van der Waals surface area contributed by atoms with E-state index in [0.717, 1.165) is 25.9 Å². The number of anilines is 1. The molecular formula is C19H25Cl2N5O2. The van der Waals surface area contributed by atoms with Crippen molar-refractivity contribution in [3.8, 4) is 11.3 Å². The summed E-state index contributed by atoms with van der Waals surface area (Å²) in [6, 6.07) is 1.45. The first kappa shape index (κ1) is 21.0. The summed E-state index contributed by atoms with van der Waals surface area (Å²) in [4.78, 5) is 25.7. The van der Waals surface area contributed by atoms with E-state index in [4.69, 9.17) is 33.9 Å². The number of rotatable bonds is 4. The van der Waals surface area contributed by atoms with E-state index in [1.54, 1.807) is 6.92 Å². The van der Waals surface area contributed by atoms with Gasteiger partial charge in [-0.25, -0.2) is 9.97 Å². The molecule has 3 rings (SSSR count). The molecule has 0 spiro atoms. The number of halogens is 2. The van der Waals surface area contributed by atoms with Crippen LogP contribution in [0.25, 0.3) is 11.3 Å². The summed E-state index contributed by atoms with van der Waals surface area (Å²) in [7, 11) is 0. The molecule has 2 aromatic heterocycles. The predicted octanol–water partition coefficient (Wildman–Crippen LogP) is 2.89. The molecule has 1 fully saturated rings.